The predicted octanol–water partition coefficient (Wildman–Crippen LogP) is 0.135. The van der Waals surface area contributed by atoms with E-state index in [9.17, 15) is 0 Å². The first-order chi connectivity index (χ1) is 9.26. The molecule has 0 aliphatic heterocycles. The molecule has 9 heteroatoms. The second-order valence-corrected chi connectivity index (χ2v) is 3.93. The molecule has 0 saturated heterocycles. The lowest BCUT2D eigenvalue weighted by molar-refractivity contribution is 0.747. The van der Waals surface area contributed by atoms with Gasteiger partial charge < -0.3 is 15.6 Å². The summed E-state index contributed by atoms with van der Waals surface area (Å²) < 4.78 is 1.65. The van der Waals surface area contributed by atoms with Crippen molar-refractivity contribution < 1.29 is 0 Å². The molecular weight excluding hydrogens is 246 g/mol. The molecule has 0 aliphatic carbocycles. The van der Waals surface area contributed by atoms with Crippen LogP contribution in [0, 0.1) is 0 Å². The SMILES string of the molecule is CNc1nc(NCc2ncn(C)n2)c2[nH]cnc2n1. The lowest BCUT2D eigenvalue weighted by atomic mass is 10.4. The van der Waals surface area contributed by atoms with E-state index in [0.717, 1.165) is 5.52 Å². The molecule has 3 rings (SSSR count). The Hall–Kier alpha value is -2.71. The maximum Gasteiger partial charge on any atom is 0.226 e. The van der Waals surface area contributed by atoms with Crippen LogP contribution in [0.15, 0.2) is 12.7 Å². The van der Waals surface area contributed by atoms with E-state index in [1.165, 1.54) is 0 Å². The van der Waals surface area contributed by atoms with Crippen LogP contribution in [-0.4, -0.2) is 41.7 Å². The molecule has 3 N–H and O–H groups in total. The van der Waals surface area contributed by atoms with E-state index in [-0.39, 0.29) is 0 Å². The van der Waals surface area contributed by atoms with Gasteiger partial charge in [0.2, 0.25) is 5.95 Å². The van der Waals surface area contributed by atoms with E-state index in [2.05, 4.69) is 40.7 Å². The van der Waals surface area contributed by atoms with Gasteiger partial charge >= 0.3 is 0 Å². The van der Waals surface area contributed by atoms with Crippen LogP contribution in [0.2, 0.25) is 0 Å². The fourth-order valence-corrected chi connectivity index (χ4v) is 1.70. The molecule has 0 spiro atoms. The number of hydrogen-bond donors (Lipinski definition) is 3. The van der Waals surface area contributed by atoms with Crippen molar-refractivity contribution in [1.82, 2.24) is 34.7 Å². The van der Waals surface area contributed by atoms with Gasteiger partial charge in [-0.2, -0.15) is 15.1 Å². The zero-order valence-electron chi connectivity index (χ0n) is 10.5. The van der Waals surface area contributed by atoms with Gasteiger partial charge in [-0.3, -0.25) is 4.68 Å². The number of hydrogen-bond acceptors (Lipinski definition) is 7. The number of nitrogens with zero attached hydrogens (tertiary/aromatic N) is 6. The third-order valence-corrected chi connectivity index (χ3v) is 2.57. The van der Waals surface area contributed by atoms with E-state index in [0.29, 0.717) is 29.8 Å². The van der Waals surface area contributed by atoms with Crippen molar-refractivity contribution in [2.45, 2.75) is 6.54 Å². The summed E-state index contributed by atoms with van der Waals surface area (Å²) >= 11 is 0. The lowest BCUT2D eigenvalue weighted by Crippen LogP contribution is -2.07. The smallest absolute Gasteiger partial charge is 0.226 e. The number of imidazole rings is 1. The summed E-state index contributed by atoms with van der Waals surface area (Å²) in [6.45, 7) is 0.481. The minimum absolute atomic E-state index is 0.481. The van der Waals surface area contributed by atoms with E-state index in [1.54, 1.807) is 24.4 Å². The number of nitrogens with one attached hydrogen (secondary N) is 3. The zero-order valence-corrected chi connectivity index (χ0v) is 10.5. The first kappa shape index (κ1) is 11.4. The Labute approximate surface area is 108 Å². The van der Waals surface area contributed by atoms with Crippen molar-refractivity contribution in [2.24, 2.45) is 7.05 Å². The van der Waals surface area contributed by atoms with Gasteiger partial charge in [0.15, 0.2) is 17.3 Å². The number of anilines is 2. The number of aromatic nitrogens is 7. The Bertz CT molecular complexity index is 698. The van der Waals surface area contributed by atoms with Crippen LogP contribution in [-0.2, 0) is 13.6 Å². The van der Waals surface area contributed by atoms with Crippen molar-refractivity contribution in [2.75, 3.05) is 17.7 Å². The maximum absolute atomic E-state index is 4.35. The summed E-state index contributed by atoms with van der Waals surface area (Å²) in [5.74, 6) is 1.87. The first-order valence-electron chi connectivity index (χ1n) is 5.73. The monoisotopic (exact) mass is 259 g/mol. The average Bonchev–Trinajstić information content (AvgIpc) is 3.04. The predicted molar refractivity (Wildman–Crippen MR) is 69.6 cm³/mol. The second kappa shape index (κ2) is 4.52. The molecule has 19 heavy (non-hydrogen) atoms. The van der Waals surface area contributed by atoms with Crippen LogP contribution in [0.4, 0.5) is 11.8 Å². The third kappa shape index (κ3) is 2.17. The molecule has 98 valence electrons. The van der Waals surface area contributed by atoms with E-state index in [4.69, 9.17) is 0 Å². The van der Waals surface area contributed by atoms with Gasteiger partial charge in [-0.15, -0.1) is 0 Å². The summed E-state index contributed by atoms with van der Waals surface area (Å²) in [7, 11) is 3.59. The Morgan fingerprint density at radius 2 is 2.21 bits per heavy atom. The standard InChI is InChI=1S/C10H13N9/c1-11-10-16-8(7-9(17-10)14-4-13-7)12-3-6-15-5-19(2)18-6/h4-5H,3H2,1-2H3,(H3,11,12,13,14,16,17). The first-order valence-corrected chi connectivity index (χ1v) is 5.73. The second-order valence-electron chi connectivity index (χ2n) is 3.93. The van der Waals surface area contributed by atoms with Crippen molar-refractivity contribution in [1.29, 1.82) is 0 Å². The van der Waals surface area contributed by atoms with Crippen LogP contribution in [0.3, 0.4) is 0 Å². The van der Waals surface area contributed by atoms with Crippen molar-refractivity contribution in [3.8, 4) is 0 Å². The van der Waals surface area contributed by atoms with Gasteiger partial charge in [-0.25, -0.2) is 9.97 Å². The maximum atomic E-state index is 4.35. The van der Waals surface area contributed by atoms with Crippen LogP contribution in [0.5, 0.6) is 0 Å². The molecule has 3 aromatic rings. The average molecular weight is 259 g/mol. The van der Waals surface area contributed by atoms with Crippen LogP contribution in [0.1, 0.15) is 5.82 Å². The van der Waals surface area contributed by atoms with Gasteiger partial charge in [0, 0.05) is 14.1 Å². The molecule has 0 unspecified atom stereocenters. The van der Waals surface area contributed by atoms with E-state index in [1.807, 2.05) is 7.05 Å². The number of rotatable bonds is 4. The molecule has 0 amide bonds. The highest BCUT2D eigenvalue weighted by Crippen LogP contribution is 2.18. The highest BCUT2D eigenvalue weighted by molar-refractivity contribution is 5.83. The molecule has 3 heterocycles. The largest absolute Gasteiger partial charge is 0.361 e. The topological polar surface area (TPSA) is 109 Å². The van der Waals surface area contributed by atoms with Crippen molar-refractivity contribution in [3.05, 3.63) is 18.5 Å². The number of aromatic amines is 1. The van der Waals surface area contributed by atoms with Gasteiger partial charge in [0.1, 0.15) is 11.8 Å². The van der Waals surface area contributed by atoms with Crippen LogP contribution < -0.4 is 10.6 Å². The zero-order chi connectivity index (χ0) is 13.2. The van der Waals surface area contributed by atoms with Gasteiger partial charge in [0.05, 0.1) is 12.9 Å². The third-order valence-electron chi connectivity index (χ3n) is 2.57. The van der Waals surface area contributed by atoms with Crippen LogP contribution in [0.25, 0.3) is 11.2 Å². The van der Waals surface area contributed by atoms with Gasteiger partial charge in [0.25, 0.3) is 0 Å². The molecule has 0 bridgehead atoms. The van der Waals surface area contributed by atoms with Crippen molar-refractivity contribution in [3.63, 3.8) is 0 Å². The summed E-state index contributed by atoms with van der Waals surface area (Å²) in [6.07, 6.45) is 3.24. The van der Waals surface area contributed by atoms with Gasteiger partial charge in [-0.1, -0.05) is 0 Å². The summed E-state index contributed by atoms with van der Waals surface area (Å²) in [4.78, 5) is 19.9. The highest BCUT2D eigenvalue weighted by atomic mass is 15.3. The fraction of sp³-hybridized carbons (Fsp3) is 0.300. The molecular formula is C10H13N9. The Kier molecular flexibility index (Phi) is 2.71. The lowest BCUT2D eigenvalue weighted by Gasteiger charge is -2.06. The highest BCUT2D eigenvalue weighted by Gasteiger charge is 2.09. The molecule has 0 aromatic carbocycles. The summed E-state index contributed by atoms with van der Waals surface area (Å²) in [5, 5.41) is 10.3. The number of fused-ring (bicyclic) bond motifs is 1. The summed E-state index contributed by atoms with van der Waals surface area (Å²) in [5.41, 5.74) is 1.37. The van der Waals surface area contributed by atoms with Crippen molar-refractivity contribution >= 4 is 22.9 Å². The Morgan fingerprint density at radius 3 is 2.95 bits per heavy atom. The molecule has 9 nitrogen and oxygen atoms in total. The van der Waals surface area contributed by atoms with Gasteiger partial charge in [-0.05, 0) is 0 Å². The molecule has 0 fully saturated rings. The van der Waals surface area contributed by atoms with Crippen LogP contribution >= 0.6 is 0 Å². The number of aryl methyl sites for hydroxylation is 1. The van der Waals surface area contributed by atoms with E-state index < -0.39 is 0 Å². The molecule has 3 aromatic heterocycles. The Morgan fingerprint density at radius 1 is 1.32 bits per heavy atom. The minimum Gasteiger partial charge on any atom is -0.361 e. The molecule has 0 saturated carbocycles. The molecule has 0 atom stereocenters. The minimum atomic E-state index is 0.481. The summed E-state index contributed by atoms with van der Waals surface area (Å²) in [6, 6.07) is 0. The normalized spacial score (nSPS) is 10.8. The number of H-pyrrole nitrogens is 1. The van der Waals surface area contributed by atoms with E-state index >= 15 is 0 Å². The molecule has 0 aliphatic rings. The molecule has 0 radical (unpaired) electrons. The fourth-order valence-electron chi connectivity index (χ4n) is 1.70. The quantitative estimate of drug-likeness (QED) is 0.611. The Balaban J connectivity index is 1.88.